The van der Waals surface area contributed by atoms with E-state index in [4.69, 9.17) is 0 Å². The van der Waals surface area contributed by atoms with Gasteiger partial charge in [-0.15, -0.1) is 0 Å². The Kier molecular flexibility index (Phi) is 3.62. The molecule has 3 rings (SSSR count). The molecule has 1 heterocycles. The largest absolute Gasteiger partial charge is 0.361 e. The monoisotopic (exact) mass is 293 g/mol. The maximum atomic E-state index is 12.4. The average molecular weight is 293 g/mol. The first kappa shape index (κ1) is 13.9. The number of hydrogen-bond acceptors (Lipinski definition) is 2. The number of H-pyrrole nitrogens is 1. The van der Waals surface area contributed by atoms with Gasteiger partial charge in [-0.3, -0.25) is 9.59 Å². The summed E-state index contributed by atoms with van der Waals surface area (Å²) in [7, 11) is 0. The van der Waals surface area contributed by atoms with Crippen LogP contribution in [-0.2, 0) is 4.79 Å². The van der Waals surface area contributed by atoms with Crippen LogP contribution in [0.5, 0.6) is 0 Å². The van der Waals surface area contributed by atoms with Crippen molar-refractivity contribution in [2.75, 3.05) is 10.6 Å². The molecule has 0 bridgehead atoms. The van der Waals surface area contributed by atoms with E-state index in [1.54, 1.807) is 30.3 Å². The van der Waals surface area contributed by atoms with E-state index in [9.17, 15) is 9.59 Å². The van der Waals surface area contributed by atoms with Crippen LogP contribution in [0.4, 0.5) is 11.4 Å². The number of amides is 2. The molecule has 110 valence electrons. The molecule has 0 aliphatic rings. The molecule has 1 aromatic heterocycles. The summed E-state index contributed by atoms with van der Waals surface area (Å²) in [6.45, 7) is 1.45. The molecule has 0 aliphatic carbocycles. The van der Waals surface area contributed by atoms with E-state index in [1.807, 2.05) is 24.4 Å². The van der Waals surface area contributed by atoms with Crippen LogP contribution in [-0.4, -0.2) is 16.8 Å². The lowest BCUT2D eigenvalue weighted by Gasteiger charge is -2.08. The summed E-state index contributed by atoms with van der Waals surface area (Å²) in [4.78, 5) is 26.5. The second kappa shape index (κ2) is 5.73. The third-order valence-corrected chi connectivity index (χ3v) is 3.30. The highest BCUT2D eigenvalue weighted by atomic mass is 16.2. The number of carbonyl (C=O) groups excluding carboxylic acids is 2. The summed E-state index contributed by atoms with van der Waals surface area (Å²) in [6, 6.07) is 14.4. The Hall–Kier alpha value is -3.08. The van der Waals surface area contributed by atoms with Gasteiger partial charge in [0.05, 0.1) is 0 Å². The first-order valence-electron chi connectivity index (χ1n) is 6.88. The number of carbonyl (C=O) groups is 2. The summed E-state index contributed by atoms with van der Waals surface area (Å²) < 4.78 is 0. The van der Waals surface area contributed by atoms with Crippen LogP contribution < -0.4 is 10.6 Å². The van der Waals surface area contributed by atoms with Crippen molar-refractivity contribution in [2.45, 2.75) is 6.92 Å². The third kappa shape index (κ3) is 2.83. The summed E-state index contributed by atoms with van der Waals surface area (Å²) in [6.07, 6.45) is 1.81. The van der Waals surface area contributed by atoms with Gasteiger partial charge in [-0.05, 0) is 42.5 Å². The van der Waals surface area contributed by atoms with E-state index in [2.05, 4.69) is 15.6 Å². The zero-order chi connectivity index (χ0) is 15.5. The van der Waals surface area contributed by atoms with Gasteiger partial charge >= 0.3 is 0 Å². The molecule has 3 N–H and O–H groups in total. The van der Waals surface area contributed by atoms with E-state index in [-0.39, 0.29) is 11.8 Å². The number of anilines is 2. The quantitative estimate of drug-likeness (QED) is 0.692. The van der Waals surface area contributed by atoms with Gasteiger partial charge in [0.2, 0.25) is 5.91 Å². The fourth-order valence-electron chi connectivity index (χ4n) is 2.32. The van der Waals surface area contributed by atoms with Crippen LogP contribution in [0.15, 0.2) is 54.7 Å². The number of nitrogens with one attached hydrogen (secondary N) is 3. The van der Waals surface area contributed by atoms with Crippen molar-refractivity contribution in [3.05, 3.63) is 60.3 Å². The number of rotatable bonds is 3. The topological polar surface area (TPSA) is 74.0 Å². The number of benzene rings is 2. The van der Waals surface area contributed by atoms with Gasteiger partial charge in [0, 0.05) is 41.0 Å². The molecule has 0 spiro atoms. The summed E-state index contributed by atoms with van der Waals surface area (Å²) in [5.74, 6) is -0.298. The van der Waals surface area contributed by atoms with Gasteiger partial charge in [-0.2, -0.15) is 0 Å². The average Bonchev–Trinajstić information content (AvgIpc) is 2.97. The second-order valence-electron chi connectivity index (χ2n) is 4.96. The van der Waals surface area contributed by atoms with Gasteiger partial charge in [0.25, 0.3) is 5.91 Å². The fourth-order valence-corrected chi connectivity index (χ4v) is 2.32. The molecule has 5 heteroatoms. The molecule has 0 atom stereocenters. The van der Waals surface area contributed by atoms with Gasteiger partial charge < -0.3 is 15.6 Å². The maximum Gasteiger partial charge on any atom is 0.256 e. The molecular formula is C17H15N3O2. The predicted molar refractivity (Wildman–Crippen MR) is 87.0 cm³/mol. The zero-order valence-corrected chi connectivity index (χ0v) is 12.0. The zero-order valence-electron chi connectivity index (χ0n) is 12.0. The highest BCUT2D eigenvalue weighted by molar-refractivity contribution is 6.12. The molecule has 0 aliphatic heterocycles. The normalized spacial score (nSPS) is 10.4. The number of fused-ring (bicyclic) bond motifs is 1. The van der Waals surface area contributed by atoms with E-state index in [0.717, 1.165) is 10.9 Å². The van der Waals surface area contributed by atoms with Gasteiger partial charge in [0.15, 0.2) is 0 Å². The van der Waals surface area contributed by atoms with Crippen LogP contribution in [0.1, 0.15) is 17.3 Å². The summed E-state index contributed by atoms with van der Waals surface area (Å²) >= 11 is 0. The van der Waals surface area contributed by atoms with Crippen molar-refractivity contribution < 1.29 is 9.59 Å². The molecule has 3 aromatic rings. The molecule has 22 heavy (non-hydrogen) atoms. The minimum atomic E-state index is -0.169. The Labute approximate surface area is 127 Å². The van der Waals surface area contributed by atoms with Crippen molar-refractivity contribution in [2.24, 2.45) is 0 Å². The Morgan fingerprint density at radius 2 is 1.59 bits per heavy atom. The molecule has 5 nitrogen and oxygen atoms in total. The third-order valence-electron chi connectivity index (χ3n) is 3.30. The van der Waals surface area contributed by atoms with E-state index >= 15 is 0 Å². The summed E-state index contributed by atoms with van der Waals surface area (Å²) in [5.41, 5.74) is 2.91. The fraction of sp³-hybridized carbons (Fsp3) is 0.0588. The Bertz CT molecular complexity index is 834. The smallest absolute Gasteiger partial charge is 0.256 e. The molecule has 0 radical (unpaired) electrons. The van der Waals surface area contributed by atoms with Crippen LogP contribution in [0, 0.1) is 0 Å². The molecular weight excluding hydrogens is 278 g/mol. The lowest BCUT2D eigenvalue weighted by molar-refractivity contribution is -0.114. The standard InChI is InChI=1S/C17H15N3O2/c1-11(21)19-12-5-7-13(8-6-12)20-17(22)15-3-2-4-16-14(15)9-10-18-16/h2-10,18H,1H3,(H,19,21)(H,20,22). The van der Waals surface area contributed by atoms with Crippen molar-refractivity contribution in [3.63, 3.8) is 0 Å². The van der Waals surface area contributed by atoms with Crippen molar-refractivity contribution in [1.29, 1.82) is 0 Å². The van der Waals surface area contributed by atoms with E-state index in [0.29, 0.717) is 16.9 Å². The first-order valence-corrected chi connectivity index (χ1v) is 6.88. The first-order chi connectivity index (χ1) is 10.6. The second-order valence-corrected chi connectivity index (χ2v) is 4.96. The summed E-state index contributed by atoms with van der Waals surface area (Å²) in [5, 5.41) is 6.42. The molecule has 0 unspecified atom stereocenters. The highest BCUT2D eigenvalue weighted by Gasteiger charge is 2.10. The number of hydrogen-bond donors (Lipinski definition) is 3. The van der Waals surface area contributed by atoms with Crippen molar-refractivity contribution >= 4 is 34.1 Å². The highest BCUT2D eigenvalue weighted by Crippen LogP contribution is 2.20. The van der Waals surface area contributed by atoms with Crippen molar-refractivity contribution in [3.8, 4) is 0 Å². The Morgan fingerprint density at radius 3 is 2.27 bits per heavy atom. The van der Waals surface area contributed by atoms with Crippen LogP contribution in [0.2, 0.25) is 0 Å². The SMILES string of the molecule is CC(=O)Nc1ccc(NC(=O)c2cccc3[nH]ccc23)cc1. The van der Waals surface area contributed by atoms with E-state index < -0.39 is 0 Å². The molecule has 0 saturated carbocycles. The molecule has 2 aromatic carbocycles. The Morgan fingerprint density at radius 1 is 0.909 bits per heavy atom. The lowest BCUT2D eigenvalue weighted by atomic mass is 10.1. The molecule has 2 amide bonds. The van der Waals surface area contributed by atoms with Crippen LogP contribution in [0.25, 0.3) is 10.9 Å². The van der Waals surface area contributed by atoms with Gasteiger partial charge in [-0.25, -0.2) is 0 Å². The predicted octanol–water partition coefficient (Wildman–Crippen LogP) is 3.38. The maximum absolute atomic E-state index is 12.4. The number of aromatic amines is 1. The number of aromatic nitrogens is 1. The molecule has 0 fully saturated rings. The lowest BCUT2D eigenvalue weighted by Crippen LogP contribution is -2.12. The van der Waals surface area contributed by atoms with Crippen LogP contribution >= 0.6 is 0 Å². The van der Waals surface area contributed by atoms with Crippen molar-refractivity contribution in [1.82, 2.24) is 4.98 Å². The van der Waals surface area contributed by atoms with Gasteiger partial charge in [-0.1, -0.05) is 6.07 Å². The van der Waals surface area contributed by atoms with Crippen LogP contribution in [0.3, 0.4) is 0 Å². The minimum Gasteiger partial charge on any atom is -0.361 e. The Balaban J connectivity index is 1.79. The van der Waals surface area contributed by atoms with Gasteiger partial charge in [0.1, 0.15) is 0 Å². The molecule has 0 saturated heterocycles. The minimum absolute atomic E-state index is 0.129. The van der Waals surface area contributed by atoms with E-state index in [1.165, 1.54) is 6.92 Å².